The molecule has 0 aromatic heterocycles. The molecule has 0 spiro atoms. The summed E-state index contributed by atoms with van der Waals surface area (Å²) in [6, 6.07) is 10.4. The van der Waals surface area contributed by atoms with Gasteiger partial charge in [-0.05, 0) is 65.6 Å². The van der Waals surface area contributed by atoms with Crippen LogP contribution in [0.1, 0.15) is 46.8 Å². The lowest BCUT2D eigenvalue weighted by molar-refractivity contribution is -0.181. The van der Waals surface area contributed by atoms with E-state index in [1.165, 1.54) is 16.7 Å². The van der Waals surface area contributed by atoms with Gasteiger partial charge in [-0.1, -0.05) is 18.2 Å². The number of hydrogen-bond donors (Lipinski definition) is 3. The number of fused-ring (bicyclic) bond motifs is 2. The van der Waals surface area contributed by atoms with Crippen LogP contribution in [0.2, 0.25) is 0 Å². The maximum absolute atomic E-state index is 10.2. The van der Waals surface area contributed by atoms with Crippen molar-refractivity contribution < 1.29 is 29.5 Å². The first kappa shape index (κ1) is 18.9. The fraction of sp³-hybridized carbons (Fsp3) is 0.478. The van der Waals surface area contributed by atoms with Gasteiger partial charge in [-0.25, -0.2) is 0 Å². The van der Waals surface area contributed by atoms with E-state index in [0.717, 1.165) is 48.3 Å². The van der Waals surface area contributed by atoms with Crippen molar-refractivity contribution in [3.63, 3.8) is 0 Å². The maximum Gasteiger partial charge on any atom is 0.231 e. The maximum atomic E-state index is 10.2. The van der Waals surface area contributed by atoms with Crippen molar-refractivity contribution in [3.05, 3.63) is 58.1 Å². The Balaban J connectivity index is 1.46. The normalized spacial score (nSPS) is 27.8. The number of benzene rings is 2. The van der Waals surface area contributed by atoms with Crippen LogP contribution in [0.25, 0.3) is 0 Å². The summed E-state index contributed by atoms with van der Waals surface area (Å²) in [6.07, 6.45) is 1.28. The van der Waals surface area contributed by atoms with Crippen LogP contribution < -0.4 is 9.47 Å². The van der Waals surface area contributed by atoms with E-state index in [4.69, 9.17) is 14.2 Å². The van der Waals surface area contributed by atoms with E-state index in [1.807, 2.05) is 12.1 Å². The molecule has 5 rings (SSSR count). The quantitative estimate of drug-likeness (QED) is 0.731. The van der Waals surface area contributed by atoms with Crippen LogP contribution in [-0.4, -0.2) is 47.0 Å². The zero-order valence-corrected chi connectivity index (χ0v) is 16.2. The Morgan fingerprint density at radius 3 is 2.72 bits per heavy atom. The number of aryl methyl sites for hydroxylation is 1. The zero-order valence-electron chi connectivity index (χ0n) is 16.2. The molecule has 1 aliphatic carbocycles. The summed E-state index contributed by atoms with van der Waals surface area (Å²) in [5, 5.41) is 29.8. The molecule has 1 saturated heterocycles. The van der Waals surface area contributed by atoms with Gasteiger partial charge in [0.05, 0.1) is 18.8 Å². The summed E-state index contributed by atoms with van der Waals surface area (Å²) in [7, 11) is 0. The summed E-state index contributed by atoms with van der Waals surface area (Å²) in [4.78, 5) is 0. The van der Waals surface area contributed by atoms with Crippen molar-refractivity contribution in [3.8, 4) is 11.5 Å². The molecule has 29 heavy (non-hydrogen) atoms. The summed E-state index contributed by atoms with van der Waals surface area (Å²) >= 11 is 0. The van der Waals surface area contributed by atoms with Gasteiger partial charge in [0.25, 0.3) is 0 Å². The molecule has 3 aliphatic rings. The molecule has 3 N–H and O–H groups in total. The molecule has 1 unspecified atom stereocenters. The predicted molar refractivity (Wildman–Crippen MR) is 105 cm³/mol. The number of ether oxygens (including phenoxy) is 3. The molecule has 6 nitrogen and oxygen atoms in total. The predicted octanol–water partition coefficient (Wildman–Crippen LogP) is 2.04. The van der Waals surface area contributed by atoms with Crippen LogP contribution in [-0.2, 0) is 24.0 Å². The van der Waals surface area contributed by atoms with Crippen molar-refractivity contribution in [2.45, 2.75) is 56.5 Å². The van der Waals surface area contributed by atoms with E-state index in [9.17, 15) is 15.3 Å². The lowest BCUT2D eigenvalue weighted by Crippen LogP contribution is -2.47. The first-order chi connectivity index (χ1) is 14.1. The fourth-order valence-electron chi connectivity index (χ4n) is 4.76. The molecular formula is C23H26O6. The standard InChI is InChI=1S/C23H26O6/c24-11-22-23(26)18(25)10-20(29-22)16-8-14-2-1-3-17(14)15(9-16)6-13-4-5-19-21(7-13)28-12-27-19/h4-5,7-9,18,20,22-26H,1-3,6,10-12H2/t18-,20-,22-,23?/m1/s1. The Hall–Kier alpha value is -2.12. The molecule has 0 bridgehead atoms. The highest BCUT2D eigenvalue weighted by Crippen LogP contribution is 2.38. The van der Waals surface area contributed by atoms with E-state index in [0.29, 0.717) is 6.42 Å². The van der Waals surface area contributed by atoms with Gasteiger partial charge < -0.3 is 29.5 Å². The Kier molecular flexibility index (Phi) is 4.95. The average Bonchev–Trinajstić information content (AvgIpc) is 3.38. The second-order valence-electron chi connectivity index (χ2n) is 8.18. The third-order valence-corrected chi connectivity index (χ3v) is 6.28. The fourth-order valence-corrected chi connectivity index (χ4v) is 4.76. The van der Waals surface area contributed by atoms with E-state index in [1.54, 1.807) is 0 Å². The first-order valence-electron chi connectivity index (χ1n) is 10.3. The zero-order chi connectivity index (χ0) is 20.0. The van der Waals surface area contributed by atoms with Gasteiger partial charge in [-0.2, -0.15) is 0 Å². The van der Waals surface area contributed by atoms with Gasteiger partial charge in [-0.3, -0.25) is 0 Å². The van der Waals surface area contributed by atoms with Crippen LogP contribution in [0.15, 0.2) is 30.3 Å². The van der Waals surface area contributed by atoms with Gasteiger partial charge >= 0.3 is 0 Å². The molecule has 0 amide bonds. The lowest BCUT2D eigenvalue weighted by Gasteiger charge is -2.37. The Labute approximate surface area is 169 Å². The smallest absolute Gasteiger partial charge is 0.231 e. The van der Waals surface area contributed by atoms with Crippen molar-refractivity contribution in [1.29, 1.82) is 0 Å². The summed E-state index contributed by atoms with van der Waals surface area (Å²) in [5.74, 6) is 1.57. The molecule has 4 atom stereocenters. The van der Waals surface area contributed by atoms with Gasteiger partial charge in [0.1, 0.15) is 12.2 Å². The molecule has 2 aliphatic heterocycles. The summed E-state index contributed by atoms with van der Waals surface area (Å²) in [6.45, 7) is -0.0490. The monoisotopic (exact) mass is 398 g/mol. The Bertz CT molecular complexity index is 910. The minimum Gasteiger partial charge on any atom is -0.454 e. The lowest BCUT2D eigenvalue weighted by atomic mass is 9.89. The van der Waals surface area contributed by atoms with Crippen LogP contribution in [0.5, 0.6) is 11.5 Å². The minimum absolute atomic E-state index is 0.267. The summed E-state index contributed by atoms with van der Waals surface area (Å²) in [5.41, 5.74) is 6.17. The van der Waals surface area contributed by atoms with Crippen LogP contribution >= 0.6 is 0 Å². The topological polar surface area (TPSA) is 88.4 Å². The van der Waals surface area contributed by atoms with Crippen molar-refractivity contribution >= 4 is 0 Å². The number of aliphatic hydroxyl groups excluding tert-OH is 3. The van der Waals surface area contributed by atoms with Crippen molar-refractivity contribution in [1.82, 2.24) is 0 Å². The molecule has 0 saturated carbocycles. The highest BCUT2D eigenvalue weighted by Gasteiger charge is 2.37. The molecule has 1 fully saturated rings. The second kappa shape index (κ2) is 7.61. The molecule has 2 heterocycles. The first-order valence-corrected chi connectivity index (χ1v) is 10.3. The van der Waals surface area contributed by atoms with E-state index in [2.05, 4.69) is 18.2 Å². The van der Waals surface area contributed by atoms with Crippen LogP contribution in [0.3, 0.4) is 0 Å². The molecule has 2 aromatic rings. The number of aliphatic hydroxyl groups is 3. The molecule has 154 valence electrons. The number of rotatable bonds is 4. The van der Waals surface area contributed by atoms with Crippen molar-refractivity contribution in [2.24, 2.45) is 0 Å². The van der Waals surface area contributed by atoms with Gasteiger partial charge in [0, 0.05) is 6.42 Å². The Morgan fingerprint density at radius 1 is 1.00 bits per heavy atom. The third kappa shape index (κ3) is 3.51. The SMILES string of the molecule is OC[C@H]1O[C@@H](c2cc3c(c(Cc4ccc5c(c4)OCO5)c2)CCC3)C[C@@H](O)C1O. The van der Waals surface area contributed by atoms with Crippen LogP contribution in [0, 0.1) is 0 Å². The average molecular weight is 398 g/mol. The van der Waals surface area contributed by atoms with Gasteiger partial charge in [0.2, 0.25) is 6.79 Å². The third-order valence-electron chi connectivity index (χ3n) is 6.28. The molecular weight excluding hydrogens is 372 g/mol. The van der Waals surface area contributed by atoms with Gasteiger partial charge in [0.15, 0.2) is 11.5 Å². The number of hydrogen-bond acceptors (Lipinski definition) is 6. The van der Waals surface area contributed by atoms with E-state index in [-0.39, 0.29) is 19.5 Å². The van der Waals surface area contributed by atoms with E-state index < -0.39 is 18.3 Å². The molecule has 2 aromatic carbocycles. The largest absolute Gasteiger partial charge is 0.454 e. The summed E-state index contributed by atoms with van der Waals surface area (Å²) < 4.78 is 16.9. The highest BCUT2D eigenvalue weighted by molar-refractivity contribution is 5.49. The minimum atomic E-state index is -1.06. The highest BCUT2D eigenvalue weighted by atomic mass is 16.7. The molecule has 6 heteroatoms. The van der Waals surface area contributed by atoms with Gasteiger partial charge in [-0.15, -0.1) is 0 Å². The second-order valence-corrected chi connectivity index (χ2v) is 8.18. The van der Waals surface area contributed by atoms with E-state index >= 15 is 0 Å². The molecule has 0 radical (unpaired) electrons. The Morgan fingerprint density at radius 2 is 1.86 bits per heavy atom. The van der Waals surface area contributed by atoms with Crippen LogP contribution in [0.4, 0.5) is 0 Å². The van der Waals surface area contributed by atoms with Crippen molar-refractivity contribution in [2.75, 3.05) is 13.4 Å².